The van der Waals surface area contributed by atoms with Crippen LogP contribution in [0.15, 0.2) is 29.6 Å². The molecule has 19 heavy (non-hydrogen) atoms. The van der Waals surface area contributed by atoms with Gasteiger partial charge in [-0.1, -0.05) is 17.7 Å². The second kappa shape index (κ2) is 5.95. The molecule has 5 heteroatoms. The van der Waals surface area contributed by atoms with Crippen molar-refractivity contribution in [1.82, 2.24) is 9.88 Å². The quantitative estimate of drug-likeness (QED) is 0.933. The molecule has 2 rings (SSSR count). The van der Waals surface area contributed by atoms with Crippen LogP contribution >= 0.6 is 11.3 Å². The molecule has 0 bridgehead atoms. The Labute approximate surface area is 117 Å². The number of aryl methyl sites for hydroxylation is 1. The highest BCUT2D eigenvalue weighted by Gasteiger charge is 2.09. The molecule has 0 atom stereocenters. The molecule has 4 nitrogen and oxygen atoms in total. The highest BCUT2D eigenvalue weighted by atomic mass is 32.1. The molecule has 1 aromatic heterocycles. The maximum absolute atomic E-state index is 12.0. The molecule has 1 aromatic carbocycles. The van der Waals surface area contributed by atoms with Gasteiger partial charge in [-0.2, -0.15) is 0 Å². The van der Waals surface area contributed by atoms with Gasteiger partial charge in [0.05, 0.1) is 5.69 Å². The van der Waals surface area contributed by atoms with Gasteiger partial charge in [0.1, 0.15) is 0 Å². The number of anilines is 1. The van der Waals surface area contributed by atoms with Crippen LogP contribution in [0, 0.1) is 6.92 Å². The predicted molar refractivity (Wildman–Crippen MR) is 78.6 cm³/mol. The van der Waals surface area contributed by atoms with Crippen LogP contribution in [0.5, 0.6) is 0 Å². The number of nitrogens with one attached hydrogen (secondary N) is 1. The van der Waals surface area contributed by atoms with Crippen molar-refractivity contribution in [2.24, 2.45) is 0 Å². The van der Waals surface area contributed by atoms with Gasteiger partial charge in [0, 0.05) is 17.5 Å². The largest absolute Gasteiger partial charge is 0.304 e. The summed E-state index contributed by atoms with van der Waals surface area (Å²) in [5.41, 5.74) is 2.75. The van der Waals surface area contributed by atoms with E-state index in [1.54, 1.807) is 0 Å². The van der Waals surface area contributed by atoms with Crippen molar-refractivity contribution in [3.8, 4) is 0 Å². The van der Waals surface area contributed by atoms with Crippen molar-refractivity contribution in [2.75, 3.05) is 19.4 Å². The van der Waals surface area contributed by atoms with Gasteiger partial charge in [0.2, 0.25) is 0 Å². The highest BCUT2D eigenvalue weighted by molar-refractivity contribution is 7.13. The molecule has 1 N–H and O–H groups in total. The fraction of sp³-hybridized carbons (Fsp3) is 0.286. The van der Waals surface area contributed by atoms with E-state index in [4.69, 9.17) is 0 Å². The molecule has 0 saturated carbocycles. The first-order valence-electron chi connectivity index (χ1n) is 6.02. The highest BCUT2D eigenvalue weighted by Crippen LogP contribution is 2.17. The number of hydrogen-bond donors (Lipinski definition) is 1. The number of rotatable bonds is 4. The SMILES string of the molecule is Cc1ccc(C(=O)Nc2nc(CN(C)C)cs2)cc1. The molecular formula is C14H17N3OS. The fourth-order valence-corrected chi connectivity index (χ4v) is 2.33. The van der Waals surface area contributed by atoms with Crippen molar-refractivity contribution in [3.05, 3.63) is 46.5 Å². The van der Waals surface area contributed by atoms with E-state index in [0.29, 0.717) is 10.7 Å². The lowest BCUT2D eigenvalue weighted by Crippen LogP contribution is -2.13. The zero-order valence-corrected chi connectivity index (χ0v) is 12.1. The maximum Gasteiger partial charge on any atom is 0.257 e. The molecule has 0 radical (unpaired) electrons. The second-order valence-electron chi connectivity index (χ2n) is 4.70. The number of thiazole rings is 1. The average Bonchev–Trinajstić information content (AvgIpc) is 2.76. The molecule has 100 valence electrons. The topological polar surface area (TPSA) is 45.2 Å². The molecule has 1 heterocycles. The molecule has 0 spiro atoms. The van der Waals surface area contributed by atoms with Gasteiger partial charge in [-0.05, 0) is 33.2 Å². The van der Waals surface area contributed by atoms with Crippen LogP contribution in [-0.2, 0) is 6.54 Å². The van der Waals surface area contributed by atoms with Gasteiger partial charge in [-0.25, -0.2) is 4.98 Å². The summed E-state index contributed by atoms with van der Waals surface area (Å²) in [6.07, 6.45) is 0. The first-order chi connectivity index (χ1) is 9.04. The minimum atomic E-state index is -0.120. The Morgan fingerprint density at radius 2 is 2.00 bits per heavy atom. The summed E-state index contributed by atoms with van der Waals surface area (Å²) >= 11 is 1.45. The Kier molecular flexibility index (Phi) is 4.29. The van der Waals surface area contributed by atoms with Crippen molar-refractivity contribution >= 4 is 22.4 Å². The van der Waals surface area contributed by atoms with E-state index in [9.17, 15) is 4.79 Å². The molecule has 0 saturated heterocycles. The number of amides is 1. The number of carbonyl (C=O) groups excluding carboxylic acids is 1. The lowest BCUT2D eigenvalue weighted by molar-refractivity contribution is 0.102. The van der Waals surface area contributed by atoms with E-state index in [1.807, 2.05) is 55.6 Å². The molecule has 0 fully saturated rings. The summed E-state index contributed by atoms with van der Waals surface area (Å²) in [5, 5.41) is 5.43. The average molecular weight is 275 g/mol. The van der Waals surface area contributed by atoms with Crippen LogP contribution in [0.1, 0.15) is 21.6 Å². The monoisotopic (exact) mass is 275 g/mol. The van der Waals surface area contributed by atoms with E-state index in [-0.39, 0.29) is 5.91 Å². The molecule has 2 aromatic rings. The standard InChI is InChI=1S/C14H17N3OS/c1-10-4-6-11(7-5-10)13(18)16-14-15-12(9-19-14)8-17(2)3/h4-7,9H,8H2,1-3H3,(H,15,16,18). The number of aromatic nitrogens is 1. The minimum absolute atomic E-state index is 0.120. The Morgan fingerprint density at radius 3 is 2.63 bits per heavy atom. The van der Waals surface area contributed by atoms with Gasteiger partial charge >= 0.3 is 0 Å². The number of carbonyl (C=O) groups is 1. The third-order valence-electron chi connectivity index (χ3n) is 2.56. The lowest BCUT2D eigenvalue weighted by atomic mass is 10.1. The van der Waals surface area contributed by atoms with Crippen LogP contribution in [0.25, 0.3) is 0 Å². The normalized spacial score (nSPS) is 10.7. The molecule has 0 aliphatic carbocycles. The molecule has 0 unspecified atom stereocenters. The summed E-state index contributed by atoms with van der Waals surface area (Å²) in [4.78, 5) is 18.4. The Morgan fingerprint density at radius 1 is 1.32 bits per heavy atom. The predicted octanol–water partition coefficient (Wildman–Crippen LogP) is 2.77. The third-order valence-corrected chi connectivity index (χ3v) is 3.37. The van der Waals surface area contributed by atoms with E-state index in [0.717, 1.165) is 17.8 Å². The zero-order valence-electron chi connectivity index (χ0n) is 11.3. The summed E-state index contributed by atoms with van der Waals surface area (Å²) in [6.45, 7) is 2.77. The summed E-state index contributed by atoms with van der Waals surface area (Å²) < 4.78 is 0. The summed E-state index contributed by atoms with van der Waals surface area (Å²) in [6, 6.07) is 7.49. The zero-order chi connectivity index (χ0) is 13.8. The van der Waals surface area contributed by atoms with Crippen molar-refractivity contribution in [1.29, 1.82) is 0 Å². The first-order valence-corrected chi connectivity index (χ1v) is 6.90. The van der Waals surface area contributed by atoms with E-state index >= 15 is 0 Å². The Hall–Kier alpha value is -1.72. The maximum atomic E-state index is 12.0. The molecule has 0 aliphatic rings. The van der Waals surface area contributed by atoms with Gasteiger partial charge < -0.3 is 4.90 Å². The van der Waals surface area contributed by atoms with Crippen LogP contribution in [-0.4, -0.2) is 29.9 Å². The fourth-order valence-electron chi connectivity index (χ4n) is 1.64. The van der Waals surface area contributed by atoms with Crippen LogP contribution in [0.2, 0.25) is 0 Å². The van der Waals surface area contributed by atoms with Gasteiger partial charge in [-0.15, -0.1) is 11.3 Å². The van der Waals surface area contributed by atoms with Crippen LogP contribution < -0.4 is 5.32 Å². The van der Waals surface area contributed by atoms with Crippen molar-refractivity contribution < 1.29 is 4.79 Å². The van der Waals surface area contributed by atoms with Crippen molar-refractivity contribution in [3.63, 3.8) is 0 Å². The Balaban J connectivity index is 2.02. The minimum Gasteiger partial charge on any atom is -0.304 e. The number of nitrogens with zero attached hydrogens (tertiary/aromatic N) is 2. The van der Waals surface area contributed by atoms with E-state index in [1.165, 1.54) is 11.3 Å². The number of benzene rings is 1. The van der Waals surface area contributed by atoms with E-state index < -0.39 is 0 Å². The van der Waals surface area contributed by atoms with Gasteiger partial charge in [0.15, 0.2) is 5.13 Å². The third kappa shape index (κ3) is 3.87. The van der Waals surface area contributed by atoms with Gasteiger partial charge in [0.25, 0.3) is 5.91 Å². The van der Waals surface area contributed by atoms with Crippen molar-refractivity contribution in [2.45, 2.75) is 13.5 Å². The Bertz CT molecular complexity index is 560. The summed E-state index contributed by atoms with van der Waals surface area (Å²) in [7, 11) is 3.98. The van der Waals surface area contributed by atoms with Gasteiger partial charge in [-0.3, -0.25) is 10.1 Å². The molecule has 1 amide bonds. The lowest BCUT2D eigenvalue weighted by Gasteiger charge is -2.05. The first kappa shape index (κ1) is 13.7. The number of hydrogen-bond acceptors (Lipinski definition) is 4. The van der Waals surface area contributed by atoms with Crippen LogP contribution in [0.3, 0.4) is 0 Å². The smallest absolute Gasteiger partial charge is 0.257 e. The summed E-state index contributed by atoms with van der Waals surface area (Å²) in [5.74, 6) is -0.120. The second-order valence-corrected chi connectivity index (χ2v) is 5.56. The van der Waals surface area contributed by atoms with Crippen LogP contribution in [0.4, 0.5) is 5.13 Å². The van der Waals surface area contributed by atoms with E-state index in [2.05, 4.69) is 10.3 Å². The molecular weight excluding hydrogens is 258 g/mol. The molecule has 0 aliphatic heterocycles.